The second-order valence-electron chi connectivity index (χ2n) is 5.98. The lowest BCUT2D eigenvalue weighted by Gasteiger charge is -2.07. The largest absolute Gasteiger partial charge is 0.481 e. The number of ether oxygens (including phenoxy) is 1. The van der Waals surface area contributed by atoms with E-state index in [9.17, 15) is 4.79 Å². The number of pyridine rings is 1. The van der Waals surface area contributed by atoms with Gasteiger partial charge in [0.2, 0.25) is 11.8 Å². The van der Waals surface area contributed by atoms with Crippen LogP contribution >= 0.6 is 0 Å². The number of carbonyl (C=O) groups is 1. The second kappa shape index (κ2) is 7.31. The average Bonchev–Trinajstić information content (AvgIpc) is 3.14. The van der Waals surface area contributed by atoms with Crippen LogP contribution in [-0.2, 0) is 4.79 Å². The molecule has 0 radical (unpaired) electrons. The quantitative estimate of drug-likeness (QED) is 0.490. The number of hydrogen-bond acceptors (Lipinski definition) is 7. The van der Waals surface area contributed by atoms with Gasteiger partial charge >= 0.3 is 0 Å². The summed E-state index contributed by atoms with van der Waals surface area (Å²) in [5, 5.41) is 5.97. The van der Waals surface area contributed by atoms with Gasteiger partial charge in [0.15, 0.2) is 11.5 Å². The number of aromatic nitrogens is 5. The van der Waals surface area contributed by atoms with Gasteiger partial charge in [-0.25, -0.2) is 19.9 Å². The lowest BCUT2D eigenvalue weighted by atomic mass is 10.2. The number of anilines is 3. The van der Waals surface area contributed by atoms with Crippen molar-refractivity contribution >= 4 is 34.3 Å². The first-order chi connectivity index (χ1) is 13.6. The number of aromatic amines is 1. The van der Waals surface area contributed by atoms with Gasteiger partial charge in [0.1, 0.15) is 17.7 Å². The molecular weight excluding hydrogens is 358 g/mol. The maximum Gasteiger partial charge on any atom is 0.221 e. The Morgan fingerprint density at radius 3 is 2.50 bits per heavy atom. The number of carbonyl (C=O) groups excluding carboxylic acids is 1. The number of methoxy groups -OCH3 is 1. The molecule has 0 aliphatic rings. The molecule has 1 aromatic carbocycles. The van der Waals surface area contributed by atoms with Gasteiger partial charge in [-0.15, -0.1) is 0 Å². The van der Waals surface area contributed by atoms with Crippen LogP contribution in [-0.4, -0.2) is 37.9 Å². The molecule has 4 aromatic rings. The van der Waals surface area contributed by atoms with Crippen molar-refractivity contribution in [1.29, 1.82) is 0 Å². The number of rotatable bonds is 5. The summed E-state index contributed by atoms with van der Waals surface area (Å²) in [5.41, 5.74) is 3.57. The Bertz CT molecular complexity index is 1120. The van der Waals surface area contributed by atoms with Crippen LogP contribution in [0.2, 0.25) is 0 Å². The Balaban J connectivity index is 1.62. The van der Waals surface area contributed by atoms with Crippen molar-refractivity contribution in [3.05, 3.63) is 48.9 Å². The summed E-state index contributed by atoms with van der Waals surface area (Å²) in [7, 11) is 1.57. The number of fused-ring (bicyclic) bond motifs is 1. The molecular formula is C19H17N7O2. The SMILES string of the molecule is COc1ccc(-c2nc3ncnc(Nc4ccc(NC(C)=O)cc4)c3[nH]2)cn1. The number of amides is 1. The molecule has 0 spiro atoms. The zero-order chi connectivity index (χ0) is 19.5. The molecule has 3 heterocycles. The lowest BCUT2D eigenvalue weighted by molar-refractivity contribution is -0.114. The monoisotopic (exact) mass is 375 g/mol. The fourth-order valence-electron chi connectivity index (χ4n) is 2.68. The van der Waals surface area contributed by atoms with E-state index >= 15 is 0 Å². The van der Waals surface area contributed by atoms with Crippen molar-refractivity contribution in [1.82, 2.24) is 24.9 Å². The number of nitrogens with one attached hydrogen (secondary N) is 3. The summed E-state index contributed by atoms with van der Waals surface area (Å²) in [5.74, 6) is 1.65. The Labute approximate surface area is 160 Å². The number of hydrogen-bond donors (Lipinski definition) is 3. The zero-order valence-electron chi connectivity index (χ0n) is 15.2. The Morgan fingerprint density at radius 1 is 1.04 bits per heavy atom. The second-order valence-corrected chi connectivity index (χ2v) is 5.98. The van der Waals surface area contributed by atoms with Gasteiger partial charge in [0.05, 0.1) is 7.11 Å². The van der Waals surface area contributed by atoms with Crippen LogP contribution in [0.5, 0.6) is 5.88 Å². The third-order valence-corrected chi connectivity index (χ3v) is 3.98. The summed E-state index contributed by atoms with van der Waals surface area (Å²) in [6.07, 6.45) is 3.13. The fraction of sp³-hybridized carbons (Fsp3) is 0.105. The molecule has 9 nitrogen and oxygen atoms in total. The van der Waals surface area contributed by atoms with Crippen LogP contribution in [0.15, 0.2) is 48.9 Å². The fourth-order valence-corrected chi connectivity index (χ4v) is 2.68. The predicted octanol–water partition coefficient (Wildman–Crippen LogP) is 3.13. The van der Waals surface area contributed by atoms with Gasteiger partial charge in [-0.3, -0.25) is 4.79 Å². The van der Waals surface area contributed by atoms with E-state index in [1.54, 1.807) is 19.4 Å². The Kier molecular flexibility index (Phi) is 4.55. The molecule has 3 aromatic heterocycles. The molecule has 3 N–H and O–H groups in total. The van der Waals surface area contributed by atoms with E-state index in [-0.39, 0.29) is 5.91 Å². The van der Waals surface area contributed by atoms with Crippen molar-refractivity contribution in [2.75, 3.05) is 17.7 Å². The highest BCUT2D eigenvalue weighted by Crippen LogP contribution is 2.26. The Morgan fingerprint density at radius 2 is 1.82 bits per heavy atom. The molecule has 28 heavy (non-hydrogen) atoms. The van der Waals surface area contributed by atoms with E-state index < -0.39 is 0 Å². The summed E-state index contributed by atoms with van der Waals surface area (Å²) < 4.78 is 5.08. The number of H-pyrrole nitrogens is 1. The first-order valence-electron chi connectivity index (χ1n) is 8.48. The molecule has 0 bridgehead atoms. The van der Waals surface area contributed by atoms with Crippen LogP contribution in [0.1, 0.15) is 6.92 Å². The number of benzene rings is 1. The van der Waals surface area contributed by atoms with E-state index in [0.717, 1.165) is 16.9 Å². The Hall–Kier alpha value is -4.01. The van der Waals surface area contributed by atoms with E-state index in [1.165, 1.54) is 13.3 Å². The molecule has 0 unspecified atom stereocenters. The number of imidazole rings is 1. The minimum Gasteiger partial charge on any atom is -0.481 e. The third-order valence-electron chi connectivity index (χ3n) is 3.98. The molecule has 0 fully saturated rings. The van der Waals surface area contributed by atoms with Crippen molar-refractivity contribution in [3.8, 4) is 17.3 Å². The van der Waals surface area contributed by atoms with Gasteiger partial charge < -0.3 is 20.4 Å². The van der Waals surface area contributed by atoms with E-state index in [4.69, 9.17) is 4.74 Å². The minimum absolute atomic E-state index is 0.115. The van der Waals surface area contributed by atoms with Crippen LogP contribution in [0.25, 0.3) is 22.6 Å². The van der Waals surface area contributed by atoms with Crippen molar-refractivity contribution in [2.24, 2.45) is 0 Å². The minimum atomic E-state index is -0.115. The maximum absolute atomic E-state index is 11.1. The summed E-state index contributed by atoms with van der Waals surface area (Å²) >= 11 is 0. The van der Waals surface area contributed by atoms with Crippen molar-refractivity contribution in [3.63, 3.8) is 0 Å². The topological polar surface area (TPSA) is 118 Å². The first-order valence-corrected chi connectivity index (χ1v) is 8.48. The van der Waals surface area contributed by atoms with E-state index in [0.29, 0.717) is 28.7 Å². The molecule has 0 aliphatic heterocycles. The summed E-state index contributed by atoms with van der Waals surface area (Å²) in [4.78, 5) is 31.6. The molecule has 9 heteroatoms. The van der Waals surface area contributed by atoms with Crippen LogP contribution in [0.3, 0.4) is 0 Å². The average molecular weight is 375 g/mol. The molecule has 0 saturated carbocycles. The normalized spacial score (nSPS) is 10.6. The molecule has 140 valence electrons. The highest BCUT2D eigenvalue weighted by molar-refractivity contribution is 5.89. The van der Waals surface area contributed by atoms with Crippen molar-refractivity contribution < 1.29 is 9.53 Å². The standard InChI is InChI=1S/C19H17N7O2/c1-11(27)23-13-4-6-14(7-5-13)24-18-16-19(22-10-21-18)26-17(25-16)12-3-8-15(28-2)20-9-12/h3-10H,1-2H3,(H,23,27)(H2,21,22,24,25,26). The predicted molar refractivity (Wildman–Crippen MR) is 105 cm³/mol. The third kappa shape index (κ3) is 3.58. The number of nitrogens with zero attached hydrogens (tertiary/aromatic N) is 4. The molecule has 1 amide bonds. The molecule has 0 aliphatic carbocycles. The van der Waals surface area contributed by atoms with Gasteiger partial charge in [0.25, 0.3) is 0 Å². The van der Waals surface area contributed by atoms with Gasteiger partial charge in [-0.2, -0.15) is 0 Å². The first kappa shape index (κ1) is 17.4. The van der Waals surface area contributed by atoms with Gasteiger partial charge in [-0.1, -0.05) is 0 Å². The smallest absolute Gasteiger partial charge is 0.221 e. The molecule has 4 rings (SSSR count). The highest BCUT2D eigenvalue weighted by Gasteiger charge is 2.12. The van der Waals surface area contributed by atoms with E-state index in [2.05, 4.69) is 35.6 Å². The lowest BCUT2D eigenvalue weighted by Crippen LogP contribution is -2.05. The van der Waals surface area contributed by atoms with Gasteiger partial charge in [0, 0.05) is 36.1 Å². The van der Waals surface area contributed by atoms with Crippen LogP contribution in [0.4, 0.5) is 17.2 Å². The van der Waals surface area contributed by atoms with Gasteiger partial charge in [-0.05, 0) is 30.3 Å². The van der Waals surface area contributed by atoms with Crippen molar-refractivity contribution in [2.45, 2.75) is 6.92 Å². The van der Waals surface area contributed by atoms with E-state index in [1.807, 2.05) is 30.3 Å². The van der Waals surface area contributed by atoms with Crippen LogP contribution < -0.4 is 15.4 Å². The highest BCUT2D eigenvalue weighted by atomic mass is 16.5. The molecule has 0 atom stereocenters. The summed E-state index contributed by atoms with van der Waals surface area (Å²) in [6.45, 7) is 1.47. The summed E-state index contributed by atoms with van der Waals surface area (Å²) in [6, 6.07) is 11.0. The van der Waals surface area contributed by atoms with Crippen LogP contribution in [0, 0.1) is 0 Å². The molecule has 0 saturated heterocycles. The maximum atomic E-state index is 11.1. The zero-order valence-corrected chi connectivity index (χ0v) is 15.2.